The molecule has 4 nitrogen and oxygen atoms in total. The molecule has 0 bridgehead atoms. The van der Waals surface area contributed by atoms with Crippen LogP contribution < -0.4 is 0 Å². The van der Waals surface area contributed by atoms with Crippen LogP contribution in [0.3, 0.4) is 0 Å². The molecule has 1 saturated heterocycles. The highest BCUT2D eigenvalue weighted by Gasteiger charge is 2.08. The quantitative estimate of drug-likeness (QED) is 0.541. The van der Waals surface area contributed by atoms with Crippen molar-refractivity contribution in [3.05, 3.63) is 0 Å². The average molecular weight is 226 g/mol. The summed E-state index contributed by atoms with van der Waals surface area (Å²) in [5, 5.41) is 0. The van der Waals surface area contributed by atoms with Crippen LogP contribution in [0.15, 0.2) is 0 Å². The molecule has 0 aromatic heterocycles. The van der Waals surface area contributed by atoms with Crippen LogP contribution in [0, 0.1) is 0 Å². The fraction of sp³-hybridized carbons (Fsp3) is 1.00. The van der Waals surface area contributed by atoms with Gasteiger partial charge in [0.2, 0.25) is 0 Å². The van der Waals surface area contributed by atoms with Crippen molar-refractivity contribution in [1.29, 1.82) is 0 Å². The smallest absolute Gasteiger partial charge is 0.325 e. The summed E-state index contributed by atoms with van der Waals surface area (Å²) in [6, 6.07) is 1.42. The fourth-order valence-electron chi connectivity index (χ4n) is 0.978. The van der Waals surface area contributed by atoms with Crippen molar-refractivity contribution in [2.45, 2.75) is 32.2 Å². The van der Waals surface area contributed by atoms with E-state index in [9.17, 15) is 4.57 Å². The zero-order chi connectivity index (χ0) is 10.2. The molecule has 1 rings (SSSR count). The Balaban J connectivity index is 0.000000223. The van der Waals surface area contributed by atoms with Crippen molar-refractivity contribution in [3.63, 3.8) is 0 Å². The van der Waals surface area contributed by atoms with E-state index in [4.69, 9.17) is 14.2 Å². The van der Waals surface area contributed by atoms with Crippen molar-refractivity contribution < 1.29 is 18.8 Å². The van der Waals surface area contributed by atoms with Gasteiger partial charge < -0.3 is 14.2 Å². The van der Waals surface area contributed by atoms with E-state index < -0.39 is 7.60 Å². The maximum Gasteiger partial charge on any atom is 0.325 e. The second-order valence-electron chi connectivity index (χ2n) is 3.06. The first-order valence-corrected chi connectivity index (χ1v) is 8.06. The van der Waals surface area contributed by atoms with Crippen LogP contribution >= 0.6 is 7.60 Å². The number of rotatable bonds is 2. The van der Waals surface area contributed by atoms with Crippen LogP contribution in [-0.2, 0) is 8.99 Å². The summed E-state index contributed by atoms with van der Waals surface area (Å²) >= 11 is 0. The van der Waals surface area contributed by atoms with Crippen LogP contribution in [0.4, 0.5) is 0 Å². The first kappa shape index (κ1) is 13.3. The van der Waals surface area contributed by atoms with Gasteiger partial charge in [-0.05, 0) is 18.9 Å². The molecule has 1 heterocycles. The third-order valence-electron chi connectivity index (χ3n) is 1.59. The first-order chi connectivity index (χ1) is 6.06. The Kier molecular flexibility index (Phi) is 7.90. The average Bonchev–Trinajstić information content (AvgIpc) is 2.06. The van der Waals surface area contributed by atoms with Gasteiger partial charge in [-0.15, -0.1) is 0 Å². The molecule has 0 aromatic rings. The first-order valence-electron chi connectivity index (χ1n) is 4.68. The summed E-state index contributed by atoms with van der Waals surface area (Å²) in [5.41, 5.74) is 0. The van der Waals surface area contributed by atoms with Crippen molar-refractivity contribution in [3.8, 4) is 0 Å². The Morgan fingerprint density at radius 3 is 2.23 bits per heavy atom. The Morgan fingerprint density at radius 2 is 2.15 bits per heavy atom. The third kappa shape index (κ3) is 12.3. The standard InChI is InChI=1S/C4H10OSi.C3H9O3P/c1-2-4-6-5-3-1;1-2-3-7(4,5)6/h1-4,6H2;2-3H2,1H3,(H2,4,5,6). The van der Waals surface area contributed by atoms with Gasteiger partial charge in [-0.25, -0.2) is 0 Å². The maximum atomic E-state index is 9.93. The van der Waals surface area contributed by atoms with Gasteiger partial charge in [-0.1, -0.05) is 13.3 Å². The molecule has 1 aliphatic heterocycles. The molecule has 0 saturated carbocycles. The molecule has 0 unspecified atom stereocenters. The predicted molar refractivity (Wildman–Crippen MR) is 55.7 cm³/mol. The number of hydrogen-bond donors (Lipinski definition) is 2. The molecule has 0 spiro atoms. The van der Waals surface area contributed by atoms with Gasteiger partial charge in [0.1, 0.15) is 0 Å². The minimum Gasteiger partial charge on any atom is -0.424 e. The molecular formula is C7H19O4PSi. The van der Waals surface area contributed by atoms with Crippen molar-refractivity contribution in [2.75, 3.05) is 12.8 Å². The molecular weight excluding hydrogens is 207 g/mol. The molecule has 2 N–H and O–H groups in total. The Morgan fingerprint density at radius 1 is 1.46 bits per heavy atom. The molecule has 0 aliphatic carbocycles. The lowest BCUT2D eigenvalue weighted by Gasteiger charge is -2.07. The zero-order valence-electron chi connectivity index (χ0n) is 8.11. The van der Waals surface area contributed by atoms with Gasteiger partial charge in [-0.3, -0.25) is 4.57 Å². The van der Waals surface area contributed by atoms with Crippen molar-refractivity contribution >= 4 is 17.4 Å². The van der Waals surface area contributed by atoms with E-state index in [0.29, 0.717) is 6.42 Å². The summed E-state index contributed by atoms with van der Waals surface area (Å²) < 4.78 is 15.1. The van der Waals surface area contributed by atoms with E-state index in [1.807, 2.05) is 0 Å². The summed E-state index contributed by atoms with van der Waals surface area (Å²) in [5.74, 6) is 0. The molecule has 6 heteroatoms. The van der Waals surface area contributed by atoms with Crippen LogP contribution in [-0.4, -0.2) is 32.3 Å². The SMILES string of the molecule is C1CC[SiH2]OC1.CCCP(=O)(O)O. The van der Waals surface area contributed by atoms with Crippen LogP contribution in [0.1, 0.15) is 26.2 Å². The van der Waals surface area contributed by atoms with E-state index in [1.54, 1.807) is 6.92 Å². The lowest BCUT2D eigenvalue weighted by molar-refractivity contribution is 0.304. The van der Waals surface area contributed by atoms with Gasteiger partial charge in [0.25, 0.3) is 0 Å². The van der Waals surface area contributed by atoms with E-state index >= 15 is 0 Å². The predicted octanol–water partition coefficient (Wildman–Crippen LogP) is 0.873. The van der Waals surface area contributed by atoms with Crippen molar-refractivity contribution in [1.82, 2.24) is 0 Å². The molecule has 1 aliphatic rings. The van der Waals surface area contributed by atoms with Gasteiger partial charge >= 0.3 is 7.60 Å². The van der Waals surface area contributed by atoms with Crippen LogP contribution in [0.5, 0.6) is 0 Å². The topological polar surface area (TPSA) is 66.8 Å². The summed E-state index contributed by atoms with van der Waals surface area (Å²) in [4.78, 5) is 16.3. The molecule has 80 valence electrons. The molecule has 1 fully saturated rings. The highest BCUT2D eigenvalue weighted by Crippen LogP contribution is 2.34. The van der Waals surface area contributed by atoms with Gasteiger partial charge in [0, 0.05) is 12.8 Å². The molecule has 0 atom stereocenters. The Hall–Kier alpha value is 0.327. The minimum absolute atomic E-state index is 0.00694. The number of hydrogen-bond acceptors (Lipinski definition) is 2. The minimum atomic E-state index is -3.67. The van der Waals surface area contributed by atoms with Crippen molar-refractivity contribution in [2.24, 2.45) is 0 Å². The monoisotopic (exact) mass is 226 g/mol. The van der Waals surface area contributed by atoms with Gasteiger partial charge in [0.05, 0.1) is 0 Å². The highest BCUT2D eigenvalue weighted by atomic mass is 31.2. The third-order valence-corrected chi connectivity index (χ3v) is 3.99. The molecule has 13 heavy (non-hydrogen) atoms. The van der Waals surface area contributed by atoms with E-state index in [2.05, 4.69) is 0 Å². The Labute approximate surface area is 81.8 Å². The van der Waals surface area contributed by atoms with E-state index in [0.717, 1.165) is 6.61 Å². The van der Waals surface area contributed by atoms with E-state index in [1.165, 1.54) is 18.9 Å². The largest absolute Gasteiger partial charge is 0.424 e. The molecule has 0 radical (unpaired) electrons. The summed E-state index contributed by atoms with van der Waals surface area (Å²) in [7, 11) is -3.66. The normalized spacial score (nSPS) is 19.3. The molecule has 0 amide bonds. The summed E-state index contributed by atoms with van der Waals surface area (Å²) in [6.07, 6.45) is 3.30. The lowest BCUT2D eigenvalue weighted by atomic mass is 10.4. The maximum absolute atomic E-state index is 9.93. The second-order valence-corrected chi connectivity index (χ2v) is 6.36. The lowest BCUT2D eigenvalue weighted by Crippen LogP contribution is -2.06. The van der Waals surface area contributed by atoms with Crippen LogP contribution in [0.2, 0.25) is 6.04 Å². The van der Waals surface area contributed by atoms with Crippen LogP contribution in [0.25, 0.3) is 0 Å². The van der Waals surface area contributed by atoms with E-state index in [-0.39, 0.29) is 15.9 Å². The van der Waals surface area contributed by atoms with Gasteiger partial charge in [0.15, 0.2) is 9.76 Å². The second kappa shape index (κ2) is 7.70. The summed E-state index contributed by atoms with van der Waals surface area (Å²) in [6.45, 7) is 2.80. The fourth-order valence-corrected chi connectivity index (χ4v) is 2.73. The highest BCUT2D eigenvalue weighted by molar-refractivity contribution is 7.51. The molecule has 0 aromatic carbocycles. The van der Waals surface area contributed by atoms with Gasteiger partial charge in [-0.2, -0.15) is 0 Å². The Bertz CT molecular complexity index is 143. The zero-order valence-corrected chi connectivity index (χ0v) is 10.4.